The summed E-state index contributed by atoms with van der Waals surface area (Å²) in [5.74, 6) is 0. The maximum atomic E-state index is 2.62. The smallest absolute Gasteiger partial charge is 0.0769 e. The molecular formula is C12H25NSi. The van der Waals surface area contributed by atoms with Gasteiger partial charge in [0.1, 0.15) is 0 Å². The van der Waals surface area contributed by atoms with Crippen molar-refractivity contribution in [1.29, 1.82) is 0 Å². The number of hydrogen-bond donors (Lipinski definition) is 0. The fourth-order valence-electron chi connectivity index (χ4n) is 2.13. The lowest BCUT2D eigenvalue weighted by Gasteiger charge is -2.25. The SMILES string of the molecule is CCC[Si](C=CCN1CC1)(CC)CC. The van der Waals surface area contributed by atoms with Crippen LogP contribution in [0.4, 0.5) is 0 Å². The first-order chi connectivity index (χ1) is 6.76. The first-order valence-electron chi connectivity index (χ1n) is 6.16. The first kappa shape index (κ1) is 12.0. The van der Waals surface area contributed by atoms with Crippen LogP contribution < -0.4 is 0 Å². The van der Waals surface area contributed by atoms with Crippen LogP contribution >= 0.6 is 0 Å². The molecule has 0 spiro atoms. The predicted octanol–water partition coefficient (Wildman–Crippen LogP) is 3.30. The van der Waals surface area contributed by atoms with Crippen molar-refractivity contribution in [2.24, 2.45) is 0 Å². The Morgan fingerprint density at radius 2 is 1.79 bits per heavy atom. The fraction of sp³-hybridized carbons (Fsp3) is 0.833. The van der Waals surface area contributed by atoms with E-state index in [0.717, 1.165) is 0 Å². The molecule has 0 saturated carbocycles. The standard InChI is InChI=1S/C12H25NSi/c1-4-11-14(5-2,6-3)12-7-8-13-9-10-13/h7,12H,4-6,8-11H2,1-3H3. The van der Waals surface area contributed by atoms with Crippen LogP contribution in [-0.4, -0.2) is 32.6 Å². The molecule has 0 radical (unpaired) electrons. The minimum absolute atomic E-state index is 0.990. The molecule has 1 aliphatic rings. The molecule has 0 aliphatic carbocycles. The minimum Gasteiger partial charge on any atom is -0.297 e. The Bertz CT molecular complexity index is 181. The molecule has 0 unspecified atom stereocenters. The normalized spacial score (nSPS) is 17.9. The molecule has 1 nitrogen and oxygen atoms in total. The topological polar surface area (TPSA) is 3.01 Å². The molecule has 1 fully saturated rings. The van der Waals surface area contributed by atoms with Gasteiger partial charge in [-0.05, 0) is 0 Å². The van der Waals surface area contributed by atoms with Gasteiger partial charge in [-0.25, -0.2) is 0 Å². The molecule has 1 heterocycles. The second kappa shape index (κ2) is 5.71. The van der Waals surface area contributed by atoms with E-state index in [-0.39, 0.29) is 0 Å². The van der Waals surface area contributed by atoms with E-state index in [0.29, 0.717) is 0 Å². The van der Waals surface area contributed by atoms with Crippen molar-refractivity contribution in [2.75, 3.05) is 19.6 Å². The molecule has 0 aromatic carbocycles. The summed E-state index contributed by atoms with van der Waals surface area (Å²) in [7, 11) is -0.990. The van der Waals surface area contributed by atoms with E-state index in [9.17, 15) is 0 Å². The second-order valence-electron chi connectivity index (χ2n) is 4.52. The van der Waals surface area contributed by atoms with Crippen molar-refractivity contribution in [3.63, 3.8) is 0 Å². The molecule has 0 atom stereocenters. The summed E-state index contributed by atoms with van der Waals surface area (Å²) in [4.78, 5) is 2.48. The zero-order valence-corrected chi connectivity index (χ0v) is 11.1. The molecule has 0 aromatic heterocycles. The monoisotopic (exact) mass is 211 g/mol. The van der Waals surface area contributed by atoms with Gasteiger partial charge in [-0.1, -0.05) is 57.1 Å². The highest BCUT2D eigenvalue weighted by atomic mass is 28.3. The lowest BCUT2D eigenvalue weighted by molar-refractivity contribution is 0.629. The molecule has 1 rings (SSSR count). The number of hydrogen-bond acceptors (Lipinski definition) is 1. The Kier molecular flexibility index (Phi) is 4.89. The van der Waals surface area contributed by atoms with Crippen molar-refractivity contribution >= 4 is 8.07 Å². The van der Waals surface area contributed by atoms with Crippen LogP contribution in [0.1, 0.15) is 27.2 Å². The summed E-state index contributed by atoms with van der Waals surface area (Å²) < 4.78 is 0. The summed E-state index contributed by atoms with van der Waals surface area (Å²) in [6, 6.07) is 4.33. The van der Waals surface area contributed by atoms with E-state index in [4.69, 9.17) is 0 Å². The molecule has 82 valence electrons. The van der Waals surface area contributed by atoms with E-state index in [1.54, 1.807) is 0 Å². The van der Waals surface area contributed by atoms with Crippen molar-refractivity contribution < 1.29 is 0 Å². The predicted molar refractivity (Wildman–Crippen MR) is 67.4 cm³/mol. The van der Waals surface area contributed by atoms with Crippen molar-refractivity contribution in [3.05, 3.63) is 11.8 Å². The number of rotatable bonds is 7. The van der Waals surface area contributed by atoms with Crippen LogP contribution in [0.3, 0.4) is 0 Å². The molecule has 0 aromatic rings. The third-order valence-electron chi connectivity index (χ3n) is 3.53. The lowest BCUT2D eigenvalue weighted by Crippen LogP contribution is -2.29. The van der Waals surface area contributed by atoms with Gasteiger partial charge in [0.05, 0.1) is 8.07 Å². The Morgan fingerprint density at radius 3 is 2.21 bits per heavy atom. The number of nitrogens with zero attached hydrogens (tertiary/aromatic N) is 1. The minimum atomic E-state index is -0.990. The van der Waals surface area contributed by atoms with Gasteiger partial charge in [0, 0.05) is 19.6 Å². The quantitative estimate of drug-likeness (QED) is 0.461. The van der Waals surface area contributed by atoms with E-state index in [2.05, 4.69) is 37.4 Å². The zero-order valence-electron chi connectivity index (χ0n) is 10.1. The summed E-state index contributed by atoms with van der Waals surface area (Å²) in [5, 5.41) is 0. The van der Waals surface area contributed by atoms with E-state index < -0.39 is 8.07 Å². The average molecular weight is 211 g/mol. The van der Waals surface area contributed by atoms with Crippen LogP contribution in [-0.2, 0) is 0 Å². The second-order valence-corrected chi connectivity index (χ2v) is 9.49. The van der Waals surface area contributed by atoms with Crippen LogP contribution in [0.15, 0.2) is 11.8 Å². The summed E-state index contributed by atoms with van der Waals surface area (Å²) in [6.07, 6.45) is 3.81. The molecule has 1 saturated heterocycles. The summed E-state index contributed by atoms with van der Waals surface area (Å²) in [6.45, 7) is 10.9. The van der Waals surface area contributed by atoms with Gasteiger partial charge in [-0.2, -0.15) is 0 Å². The van der Waals surface area contributed by atoms with Gasteiger partial charge in [-0.15, -0.1) is 0 Å². The van der Waals surface area contributed by atoms with Crippen LogP contribution in [0.2, 0.25) is 18.1 Å². The third-order valence-corrected chi connectivity index (χ3v) is 8.79. The largest absolute Gasteiger partial charge is 0.297 e. The van der Waals surface area contributed by atoms with Crippen molar-refractivity contribution in [3.8, 4) is 0 Å². The summed E-state index contributed by atoms with van der Waals surface area (Å²) in [5.41, 5.74) is 2.62. The Labute approximate surface area is 90.2 Å². The Morgan fingerprint density at radius 1 is 1.14 bits per heavy atom. The molecule has 0 bridgehead atoms. The third kappa shape index (κ3) is 3.58. The van der Waals surface area contributed by atoms with Crippen molar-refractivity contribution in [1.82, 2.24) is 4.90 Å². The summed E-state index contributed by atoms with van der Waals surface area (Å²) >= 11 is 0. The van der Waals surface area contributed by atoms with Crippen molar-refractivity contribution in [2.45, 2.75) is 45.3 Å². The zero-order chi connectivity index (χ0) is 10.4. The maximum Gasteiger partial charge on any atom is 0.0769 e. The van der Waals surface area contributed by atoms with Gasteiger partial charge in [-0.3, -0.25) is 4.90 Å². The van der Waals surface area contributed by atoms with E-state index in [1.807, 2.05) is 0 Å². The molecule has 2 heteroatoms. The molecule has 14 heavy (non-hydrogen) atoms. The van der Waals surface area contributed by atoms with Crippen LogP contribution in [0.5, 0.6) is 0 Å². The van der Waals surface area contributed by atoms with Crippen LogP contribution in [0, 0.1) is 0 Å². The highest BCUT2D eigenvalue weighted by Crippen LogP contribution is 2.23. The molecule has 0 amide bonds. The Hall–Kier alpha value is -0.0831. The van der Waals surface area contributed by atoms with Gasteiger partial charge >= 0.3 is 0 Å². The Balaban J connectivity index is 2.41. The van der Waals surface area contributed by atoms with Gasteiger partial charge in [0.25, 0.3) is 0 Å². The highest BCUT2D eigenvalue weighted by molar-refractivity contribution is 6.84. The van der Waals surface area contributed by atoms with E-state index in [1.165, 1.54) is 44.2 Å². The molecule has 0 N–H and O–H groups in total. The lowest BCUT2D eigenvalue weighted by atomic mass is 10.6. The molecular weight excluding hydrogens is 186 g/mol. The maximum absolute atomic E-state index is 2.62. The van der Waals surface area contributed by atoms with Gasteiger partial charge in [0.2, 0.25) is 0 Å². The average Bonchev–Trinajstić information content (AvgIpc) is 3.00. The highest BCUT2D eigenvalue weighted by Gasteiger charge is 2.24. The molecule has 1 aliphatic heterocycles. The van der Waals surface area contributed by atoms with E-state index >= 15 is 0 Å². The van der Waals surface area contributed by atoms with Gasteiger partial charge < -0.3 is 0 Å². The van der Waals surface area contributed by atoms with Gasteiger partial charge in [0.15, 0.2) is 0 Å². The first-order valence-corrected chi connectivity index (χ1v) is 8.86. The fourth-order valence-corrected chi connectivity index (χ4v) is 5.57. The van der Waals surface area contributed by atoms with Crippen LogP contribution in [0.25, 0.3) is 0 Å².